The summed E-state index contributed by atoms with van der Waals surface area (Å²) < 4.78 is 13.3. The van der Waals surface area contributed by atoms with Crippen LogP contribution in [0.15, 0.2) is 78.9 Å². The first-order valence-corrected chi connectivity index (χ1v) is 7.83. The van der Waals surface area contributed by atoms with E-state index in [4.69, 9.17) is 0 Å². The molecule has 0 spiro atoms. The molecule has 0 aliphatic rings. The van der Waals surface area contributed by atoms with Crippen molar-refractivity contribution in [3.8, 4) is 0 Å². The van der Waals surface area contributed by atoms with Crippen LogP contribution in [0.3, 0.4) is 0 Å². The molecule has 3 aromatic carbocycles. The van der Waals surface area contributed by atoms with Crippen LogP contribution in [0.1, 0.15) is 15.9 Å². The first-order chi connectivity index (χ1) is 12.2. The van der Waals surface area contributed by atoms with Gasteiger partial charge in [-0.3, -0.25) is 9.59 Å². The first kappa shape index (κ1) is 21.4. The Morgan fingerprint density at radius 3 is 2.23 bits per heavy atom. The van der Waals surface area contributed by atoms with Crippen LogP contribution in [0.2, 0.25) is 0 Å². The van der Waals surface area contributed by atoms with Gasteiger partial charge in [-0.1, -0.05) is 12.1 Å². The zero-order chi connectivity index (χ0) is 17.9. The molecular weight excluding hydrogens is 375 g/mol. The fourth-order valence-corrected chi connectivity index (χ4v) is 2.02. The monoisotopic (exact) mass is 394 g/mol. The van der Waals surface area contributed by atoms with Gasteiger partial charge in [-0.2, -0.15) is 42.0 Å². The van der Waals surface area contributed by atoms with Gasteiger partial charge in [0.25, 0.3) is 5.91 Å². The number of amides is 2. The molecule has 0 bridgehead atoms. The minimum atomic E-state index is -0.609. The minimum absolute atomic E-state index is 0. The number of nitrogens with one attached hydrogen (secondary N) is 2. The van der Waals surface area contributed by atoms with Crippen LogP contribution in [0, 0.1) is 5.82 Å². The van der Waals surface area contributed by atoms with Crippen molar-refractivity contribution >= 4 is 11.8 Å². The maximum Gasteiger partial charge on any atom is 2.00 e. The summed E-state index contributed by atoms with van der Waals surface area (Å²) in [6.07, 6.45) is 0. The van der Waals surface area contributed by atoms with Crippen LogP contribution >= 0.6 is 0 Å². The van der Waals surface area contributed by atoms with E-state index in [0.717, 1.165) is 5.56 Å². The van der Waals surface area contributed by atoms with Gasteiger partial charge in [0, 0.05) is 0 Å². The molecule has 0 saturated carbocycles. The van der Waals surface area contributed by atoms with Crippen molar-refractivity contribution in [1.29, 1.82) is 0 Å². The fraction of sp³-hybridized carbons (Fsp3) is 0.100. The van der Waals surface area contributed by atoms with Gasteiger partial charge in [0.05, 0.1) is 12.1 Å². The third-order valence-electron chi connectivity index (χ3n) is 3.30. The van der Waals surface area contributed by atoms with E-state index >= 15 is 0 Å². The number of carbonyl (C=O) groups is 2. The van der Waals surface area contributed by atoms with E-state index in [1.807, 2.05) is 54.6 Å². The van der Waals surface area contributed by atoms with Crippen molar-refractivity contribution in [2.75, 3.05) is 6.54 Å². The van der Waals surface area contributed by atoms with Gasteiger partial charge in [-0.25, -0.2) is 22.6 Å². The molecule has 2 N–H and O–H groups in total. The Balaban J connectivity index is 0.000000486. The van der Waals surface area contributed by atoms with Gasteiger partial charge < -0.3 is 10.6 Å². The van der Waals surface area contributed by atoms with E-state index in [0.29, 0.717) is 6.54 Å². The molecule has 136 valence electrons. The Kier molecular flexibility index (Phi) is 9.68. The van der Waals surface area contributed by atoms with Gasteiger partial charge in [-0.15, -0.1) is 0 Å². The molecule has 0 heterocycles. The third kappa shape index (κ3) is 7.47. The summed E-state index contributed by atoms with van der Waals surface area (Å²) in [5.74, 6) is -1.54. The van der Waals surface area contributed by atoms with Gasteiger partial charge in [-0.05, 0) is 18.7 Å². The Morgan fingerprint density at radius 2 is 1.65 bits per heavy atom. The standard InChI is InChI=1S/C15H14FN2O2.C5H5.Fe/c16-13-8-4-3-7-12(13)15(20)18-10-14(19)17-9-11-5-1-2-6-11;1-2-4-5-3-1;/h1-8H,9-10H2,(H,17,19)(H,18,20);1-5H;/q2*-1;+2. The van der Waals surface area contributed by atoms with Crippen LogP contribution in [0.5, 0.6) is 0 Å². The minimum Gasteiger partial charge on any atom is -0.363 e. The smallest absolute Gasteiger partial charge is 0.363 e. The Morgan fingerprint density at radius 1 is 0.923 bits per heavy atom. The van der Waals surface area contributed by atoms with E-state index in [-0.39, 0.29) is 35.1 Å². The maximum atomic E-state index is 13.3. The number of halogens is 1. The van der Waals surface area contributed by atoms with Crippen LogP contribution in [-0.2, 0) is 28.4 Å². The molecule has 26 heavy (non-hydrogen) atoms. The first-order valence-electron chi connectivity index (χ1n) is 7.83. The Bertz CT molecular complexity index is 754. The summed E-state index contributed by atoms with van der Waals surface area (Å²) in [4.78, 5) is 23.2. The molecule has 6 heteroatoms. The van der Waals surface area contributed by atoms with E-state index in [1.165, 1.54) is 18.2 Å². The molecule has 0 atom stereocenters. The Labute approximate surface area is 162 Å². The van der Waals surface area contributed by atoms with E-state index in [2.05, 4.69) is 10.6 Å². The summed E-state index contributed by atoms with van der Waals surface area (Å²) >= 11 is 0. The summed E-state index contributed by atoms with van der Waals surface area (Å²) in [6, 6.07) is 23.2. The number of hydrogen-bond donors (Lipinski definition) is 2. The Hall–Kier alpha value is -2.69. The number of carbonyl (C=O) groups excluding carboxylic acids is 2. The molecule has 3 aromatic rings. The molecular formula is C20H19FFeN2O2. The summed E-state index contributed by atoms with van der Waals surface area (Å²) in [6.45, 7) is 0.218. The zero-order valence-corrected chi connectivity index (χ0v) is 15.1. The summed E-state index contributed by atoms with van der Waals surface area (Å²) in [7, 11) is 0. The molecule has 0 aliphatic carbocycles. The van der Waals surface area contributed by atoms with Crippen molar-refractivity contribution in [3.05, 3.63) is 95.8 Å². The molecule has 2 amide bonds. The van der Waals surface area contributed by atoms with Crippen LogP contribution in [-0.4, -0.2) is 18.4 Å². The van der Waals surface area contributed by atoms with Crippen molar-refractivity contribution < 1.29 is 31.0 Å². The van der Waals surface area contributed by atoms with E-state index in [9.17, 15) is 14.0 Å². The van der Waals surface area contributed by atoms with Gasteiger partial charge in [0.1, 0.15) is 5.82 Å². The molecule has 0 aliphatic heterocycles. The quantitative estimate of drug-likeness (QED) is 0.517. The predicted molar refractivity (Wildman–Crippen MR) is 94.6 cm³/mol. The third-order valence-corrected chi connectivity index (χ3v) is 3.30. The summed E-state index contributed by atoms with van der Waals surface area (Å²) in [5, 5.41) is 5.04. The van der Waals surface area contributed by atoms with Crippen molar-refractivity contribution in [2.24, 2.45) is 0 Å². The average Bonchev–Trinajstić information content (AvgIpc) is 3.34. The molecule has 0 radical (unpaired) electrons. The van der Waals surface area contributed by atoms with Crippen molar-refractivity contribution in [3.63, 3.8) is 0 Å². The SMILES string of the molecule is O=C(CNC(=O)c1ccccc1F)NCc1cc[cH-]c1.[Fe+2].c1cc[cH-]c1. The molecule has 3 rings (SSSR count). The number of hydrogen-bond acceptors (Lipinski definition) is 2. The van der Waals surface area contributed by atoms with Gasteiger partial charge in [0.15, 0.2) is 0 Å². The fourth-order valence-electron chi connectivity index (χ4n) is 2.02. The van der Waals surface area contributed by atoms with Gasteiger partial charge in [0.2, 0.25) is 5.91 Å². The van der Waals surface area contributed by atoms with Crippen LogP contribution < -0.4 is 10.6 Å². The van der Waals surface area contributed by atoms with Crippen LogP contribution in [0.25, 0.3) is 0 Å². The van der Waals surface area contributed by atoms with Crippen molar-refractivity contribution in [1.82, 2.24) is 10.6 Å². The van der Waals surface area contributed by atoms with Gasteiger partial charge >= 0.3 is 17.1 Å². The van der Waals surface area contributed by atoms with E-state index < -0.39 is 11.7 Å². The zero-order valence-electron chi connectivity index (χ0n) is 14.0. The average molecular weight is 394 g/mol. The second kappa shape index (κ2) is 11.8. The number of benzene rings is 1. The van der Waals surface area contributed by atoms with Crippen LogP contribution in [0.4, 0.5) is 4.39 Å². The summed E-state index contributed by atoms with van der Waals surface area (Å²) in [5.41, 5.74) is 0.912. The largest absolute Gasteiger partial charge is 2.00 e. The second-order valence-electron chi connectivity index (χ2n) is 5.19. The maximum absolute atomic E-state index is 13.3. The number of rotatable bonds is 5. The second-order valence-corrected chi connectivity index (χ2v) is 5.19. The molecule has 4 nitrogen and oxygen atoms in total. The predicted octanol–water partition coefficient (Wildman–Crippen LogP) is 2.99. The van der Waals surface area contributed by atoms with Crippen molar-refractivity contribution in [2.45, 2.75) is 6.54 Å². The molecule has 0 fully saturated rings. The molecule has 0 aromatic heterocycles. The van der Waals surface area contributed by atoms with E-state index in [1.54, 1.807) is 6.07 Å². The topological polar surface area (TPSA) is 58.2 Å². The molecule has 0 unspecified atom stereocenters. The normalized spacial score (nSPS) is 9.27. The molecule has 0 saturated heterocycles.